The third kappa shape index (κ3) is 4.32. The van der Waals surface area contributed by atoms with Crippen LogP contribution in [0.5, 0.6) is 5.75 Å². The fraction of sp³-hybridized carbons (Fsp3) is 0.368. The molecule has 1 aromatic carbocycles. The van der Waals surface area contributed by atoms with E-state index < -0.39 is 6.10 Å². The Labute approximate surface area is 142 Å². The van der Waals surface area contributed by atoms with Gasteiger partial charge >= 0.3 is 0 Å². The molecule has 0 aliphatic carbocycles. The minimum Gasteiger partial charge on any atom is -0.481 e. The van der Waals surface area contributed by atoms with Gasteiger partial charge < -0.3 is 15.2 Å². The molecule has 5 nitrogen and oxygen atoms in total. The minimum absolute atomic E-state index is 0.163. The van der Waals surface area contributed by atoms with Crippen LogP contribution in [0.1, 0.15) is 43.4 Å². The number of amides is 1. The third-order valence-corrected chi connectivity index (χ3v) is 3.88. The normalized spacial score (nSPS) is 12.1. The molecule has 0 bridgehead atoms. The van der Waals surface area contributed by atoms with E-state index >= 15 is 0 Å². The molecule has 128 valence electrons. The van der Waals surface area contributed by atoms with E-state index in [1.165, 1.54) is 11.8 Å². The Morgan fingerprint density at radius 1 is 1.29 bits per heavy atom. The number of aliphatic hydroxyl groups is 1. The number of aromatic nitrogens is 1. The Bertz CT molecular complexity index is 714. The molecule has 0 saturated heterocycles. The molecule has 2 rings (SSSR count). The van der Waals surface area contributed by atoms with Crippen LogP contribution >= 0.6 is 0 Å². The van der Waals surface area contributed by atoms with Crippen molar-refractivity contribution in [1.29, 1.82) is 0 Å². The number of anilines is 1. The summed E-state index contributed by atoms with van der Waals surface area (Å²) in [7, 11) is 0. The summed E-state index contributed by atoms with van der Waals surface area (Å²) in [6, 6.07) is 7.53. The van der Waals surface area contributed by atoms with Crippen molar-refractivity contribution in [2.75, 3.05) is 5.32 Å². The Morgan fingerprint density at radius 3 is 2.67 bits per heavy atom. The molecule has 2 N–H and O–H groups in total. The van der Waals surface area contributed by atoms with Crippen LogP contribution in [0.3, 0.4) is 0 Å². The monoisotopic (exact) mass is 328 g/mol. The van der Waals surface area contributed by atoms with Gasteiger partial charge in [-0.15, -0.1) is 0 Å². The molecule has 0 aliphatic heterocycles. The van der Waals surface area contributed by atoms with Crippen molar-refractivity contribution in [3.63, 3.8) is 0 Å². The molecule has 1 amide bonds. The summed E-state index contributed by atoms with van der Waals surface area (Å²) < 4.78 is 5.74. The van der Waals surface area contributed by atoms with Gasteiger partial charge in [0.2, 0.25) is 0 Å². The van der Waals surface area contributed by atoms with Crippen LogP contribution < -0.4 is 10.1 Å². The second kappa shape index (κ2) is 7.93. The van der Waals surface area contributed by atoms with Crippen molar-refractivity contribution in [3.8, 4) is 5.75 Å². The Hall–Kier alpha value is -2.40. The summed E-state index contributed by atoms with van der Waals surface area (Å²) >= 11 is 0. The topological polar surface area (TPSA) is 71.5 Å². The lowest BCUT2D eigenvalue weighted by Gasteiger charge is -2.17. The largest absolute Gasteiger partial charge is 0.481 e. The average molecular weight is 328 g/mol. The number of hydrogen-bond acceptors (Lipinski definition) is 4. The molecule has 0 aliphatic rings. The van der Waals surface area contributed by atoms with E-state index in [9.17, 15) is 9.90 Å². The standard InChI is InChI=1S/C19H24N2O3/c1-12(2)17-6-5-16(9-13(17)3)24-14(4)19(23)21-18-10-20-8-7-15(18)11-22/h5-10,12,14,22H,11H2,1-4H3,(H,21,23). The van der Waals surface area contributed by atoms with Crippen molar-refractivity contribution in [2.45, 2.75) is 46.3 Å². The minimum atomic E-state index is -0.666. The molecule has 1 heterocycles. The van der Waals surface area contributed by atoms with Gasteiger partial charge in [0.05, 0.1) is 18.5 Å². The summed E-state index contributed by atoms with van der Waals surface area (Å²) in [5.74, 6) is 0.818. The highest BCUT2D eigenvalue weighted by molar-refractivity contribution is 5.94. The van der Waals surface area contributed by atoms with Gasteiger partial charge in [0.15, 0.2) is 6.10 Å². The van der Waals surface area contributed by atoms with E-state index in [1.807, 2.05) is 25.1 Å². The quantitative estimate of drug-likeness (QED) is 0.852. The van der Waals surface area contributed by atoms with E-state index in [-0.39, 0.29) is 12.5 Å². The van der Waals surface area contributed by atoms with Gasteiger partial charge in [-0.3, -0.25) is 9.78 Å². The van der Waals surface area contributed by atoms with Crippen molar-refractivity contribution in [3.05, 3.63) is 53.3 Å². The second-order valence-electron chi connectivity index (χ2n) is 6.11. The number of pyridine rings is 1. The van der Waals surface area contributed by atoms with Gasteiger partial charge in [-0.2, -0.15) is 0 Å². The van der Waals surface area contributed by atoms with Gasteiger partial charge in [0.25, 0.3) is 5.91 Å². The van der Waals surface area contributed by atoms with E-state index in [1.54, 1.807) is 19.2 Å². The zero-order valence-corrected chi connectivity index (χ0v) is 14.5. The maximum atomic E-state index is 12.3. The molecule has 5 heteroatoms. The van der Waals surface area contributed by atoms with Crippen LogP contribution in [-0.2, 0) is 11.4 Å². The number of nitrogens with one attached hydrogen (secondary N) is 1. The number of hydrogen-bond donors (Lipinski definition) is 2. The fourth-order valence-electron chi connectivity index (χ4n) is 2.53. The molecule has 0 radical (unpaired) electrons. The molecule has 1 unspecified atom stereocenters. The lowest BCUT2D eigenvalue weighted by atomic mass is 9.98. The molecular formula is C19H24N2O3. The molecule has 0 saturated carbocycles. The van der Waals surface area contributed by atoms with E-state index in [4.69, 9.17) is 4.74 Å². The smallest absolute Gasteiger partial charge is 0.265 e. The molecule has 2 aromatic rings. The van der Waals surface area contributed by atoms with Gasteiger partial charge in [0, 0.05) is 11.8 Å². The van der Waals surface area contributed by atoms with Crippen molar-refractivity contribution in [2.24, 2.45) is 0 Å². The lowest BCUT2D eigenvalue weighted by Crippen LogP contribution is -2.30. The number of aryl methyl sites for hydroxylation is 1. The van der Waals surface area contributed by atoms with Gasteiger partial charge in [-0.25, -0.2) is 0 Å². The van der Waals surface area contributed by atoms with Gasteiger partial charge in [0.1, 0.15) is 5.75 Å². The molecule has 1 atom stereocenters. The van der Waals surface area contributed by atoms with Crippen LogP contribution in [0.25, 0.3) is 0 Å². The SMILES string of the molecule is Cc1cc(OC(C)C(=O)Nc2cnccc2CO)ccc1C(C)C. The fourth-order valence-corrected chi connectivity index (χ4v) is 2.53. The predicted molar refractivity (Wildman–Crippen MR) is 94.1 cm³/mol. The summed E-state index contributed by atoms with van der Waals surface area (Å²) in [6.07, 6.45) is 2.42. The summed E-state index contributed by atoms with van der Waals surface area (Å²) in [6.45, 7) is 7.85. The molecule has 24 heavy (non-hydrogen) atoms. The first-order chi connectivity index (χ1) is 11.4. The first kappa shape index (κ1) is 17.9. The van der Waals surface area contributed by atoms with Crippen molar-refractivity contribution < 1.29 is 14.6 Å². The van der Waals surface area contributed by atoms with Gasteiger partial charge in [-0.05, 0) is 49.1 Å². The Morgan fingerprint density at radius 2 is 2.04 bits per heavy atom. The third-order valence-electron chi connectivity index (χ3n) is 3.88. The Kier molecular flexibility index (Phi) is 5.93. The number of ether oxygens (including phenoxy) is 1. The number of nitrogens with zero attached hydrogens (tertiary/aromatic N) is 1. The van der Waals surface area contributed by atoms with Crippen LogP contribution in [0.15, 0.2) is 36.7 Å². The second-order valence-corrected chi connectivity index (χ2v) is 6.11. The highest BCUT2D eigenvalue weighted by atomic mass is 16.5. The van der Waals surface area contributed by atoms with Crippen LogP contribution in [0.4, 0.5) is 5.69 Å². The maximum Gasteiger partial charge on any atom is 0.265 e. The highest BCUT2D eigenvalue weighted by Gasteiger charge is 2.17. The van der Waals surface area contributed by atoms with Crippen molar-refractivity contribution >= 4 is 11.6 Å². The molecule has 0 fully saturated rings. The van der Waals surface area contributed by atoms with Crippen LogP contribution in [0.2, 0.25) is 0 Å². The van der Waals surface area contributed by atoms with Crippen molar-refractivity contribution in [1.82, 2.24) is 4.98 Å². The first-order valence-electron chi connectivity index (χ1n) is 8.04. The summed E-state index contributed by atoms with van der Waals surface area (Å²) in [5, 5.41) is 12.0. The number of aliphatic hydroxyl groups excluding tert-OH is 1. The highest BCUT2D eigenvalue weighted by Crippen LogP contribution is 2.24. The zero-order chi connectivity index (χ0) is 17.7. The summed E-state index contributed by atoms with van der Waals surface area (Å²) in [5.41, 5.74) is 3.52. The Balaban J connectivity index is 2.05. The summed E-state index contributed by atoms with van der Waals surface area (Å²) in [4.78, 5) is 16.3. The van der Waals surface area contributed by atoms with E-state index in [0.717, 1.165) is 5.56 Å². The molecule has 1 aromatic heterocycles. The van der Waals surface area contributed by atoms with Crippen LogP contribution in [-0.4, -0.2) is 22.1 Å². The van der Waals surface area contributed by atoms with Crippen LogP contribution in [0, 0.1) is 6.92 Å². The number of carbonyl (C=O) groups is 1. The number of carbonyl (C=O) groups excluding carboxylic acids is 1. The van der Waals surface area contributed by atoms with E-state index in [0.29, 0.717) is 22.9 Å². The molecule has 0 spiro atoms. The zero-order valence-electron chi connectivity index (χ0n) is 14.5. The molecular weight excluding hydrogens is 304 g/mol. The van der Waals surface area contributed by atoms with Gasteiger partial charge in [-0.1, -0.05) is 19.9 Å². The number of rotatable bonds is 6. The maximum absolute atomic E-state index is 12.3. The lowest BCUT2D eigenvalue weighted by molar-refractivity contribution is -0.122. The first-order valence-corrected chi connectivity index (χ1v) is 8.04. The predicted octanol–water partition coefficient (Wildman–Crippen LogP) is 3.41. The number of benzene rings is 1. The average Bonchev–Trinajstić information content (AvgIpc) is 2.55. The van der Waals surface area contributed by atoms with E-state index in [2.05, 4.69) is 24.1 Å².